The average Bonchev–Trinajstić information content (AvgIpc) is 2.20. The third-order valence-corrected chi connectivity index (χ3v) is 2.27. The first-order valence-corrected chi connectivity index (χ1v) is 4.53. The van der Waals surface area contributed by atoms with Crippen molar-refractivity contribution >= 4 is 0 Å². The first-order chi connectivity index (χ1) is 6.79. The second-order valence-electron chi connectivity index (χ2n) is 3.25. The largest absolute Gasteiger partial charge is 0.357 e. The summed E-state index contributed by atoms with van der Waals surface area (Å²) in [6.45, 7) is 0. The van der Waals surface area contributed by atoms with Gasteiger partial charge in [0.15, 0.2) is 0 Å². The SMILES string of the molecule is CN1C=CC=CC1n1ccccc1=O. The zero-order valence-electron chi connectivity index (χ0n) is 8.00. The summed E-state index contributed by atoms with van der Waals surface area (Å²) in [5.74, 6) is 0. The molecule has 0 bridgehead atoms. The number of hydrogen-bond acceptors (Lipinski definition) is 2. The van der Waals surface area contributed by atoms with E-state index in [-0.39, 0.29) is 11.7 Å². The van der Waals surface area contributed by atoms with Gasteiger partial charge >= 0.3 is 0 Å². The third kappa shape index (κ3) is 1.48. The predicted octanol–water partition coefficient (Wildman–Crippen LogP) is 1.36. The maximum absolute atomic E-state index is 11.5. The summed E-state index contributed by atoms with van der Waals surface area (Å²) in [4.78, 5) is 13.5. The zero-order valence-corrected chi connectivity index (χ0v) is 8.00. The van der Waals surface area contributed by atoms with Crippen molar-refractivity contribution in [2.45, 2.75) is 6.17 Å². The topological polar surface area (TPSA) is 25.2 Å². The summed E-state index contributed by atoms with van der Waals surface area (Å²) < 4.78 is 1.69. The van der Waals surface area contributed by atoms with E-state index in [0.29, 0.717) is 0 Å². The van der Waals surface area contributed by atoms with Gasteiger partial charge < -0.3 is 4.90 Å². The lowest BCUT2D eigenvalue weighted by Gasteiger charge is -2.27. The van der Waals surface area contributed by atoms with Gasteiger partial charge in [0.2, 0.25) is 0 Å². The van der Waals surface area contributed by atoms with Crippen molar-refractivity contribution < 1.29 is 0 Å². The summed E-state index contributed by atoms with van der Waals surface area (Å²) in [6.07, 6.45) is 9.63. The van der Waals surface area contributed by atoms with Gasteiger partial charge in [-0.3, -0.25) is 9.36 Å². The number of allylic oxidation sites excluding steroid dienone is 2. The zero-order chi connectivity index (χ0) is 9.97. The van der Waals surface area contributed by atoms with Gasteiger partial charge in [-0.1, -0.05) is 12.1 Å². The van der Waals surface area contributed by atoms with E-state index in [1.807, 2.05) is 42.4 Å². The van der Waals surface area contributed by atoms with Gasteiger partial charge in [0.1, 0.15) is 6.17 Å². The maximum Gasteiger partial charge on any atom is 0.252 e. The quantitative estimate of drug-likeness (QED) is 0.665. The highest BCUT2D eigenvalue weighted by Gasteiger charge is 2.12. The van der Waals surface area contributed by atoms with Crippen molar-refractivity contribution in [3.05, 3.63) is 59.2 Å². The van der Waals surface area contributed by atoms with Crippen molar-refractivity contribution in [2.24, 2.45) is 0 Å². The molecule has 72 valence electrons. The lowest BCUT2D eigenvalue weighted by Crippen LogP contribution is -2.31. The van der Waals surface area contributed by atoms with E-state index < -0.39 is 0 Å². The molecule has 0 saturated heterocycles. The Morgan fingerprint density at radius 1 is 1.29 bits per heavy atom. The molecule has 3 heteroatoms. The summed E-state index contributed by atoms with van der Waals surface area (Å²) in [7, 11) is 1.95. The minimum atomic E-state index is -0.00583. The van der Waals surface area contributed by atoms with E-state index >= 15 is 0 Å². The van der Waals surface area contributed by atoms with Crippen LogP contribution in [0.25, 0.3) is 0 Å². The molecule has 1 aromatic heterocycles. The van der Waals surface area contributed by atoms with Gasteiger partial charge in [-0.05, 0) is 18.2 Å². The monoisotopic (exact) mass is 188 g/mol. The van der Waals surface area contributed by atoms with Gasteiger partial charge in [-0.2, -0.15) is 0 Å². The Morgan fingerprint density at radius 2 is 2.14 bits per heavy atom. The Labute approximate surface area is 82.6 Å². The Kier molecular flexibility index (Phi) is 2.23. The van der Waals surface area contributed by atoms with Crippen LogP contribution in [-0.4, -0.2) is 16.5 Å². The standard InChI is InChI=1S/C11H12N2O/c1-12-8-4-2-6-10(12)13-9-5-3-7-11(13)14/h2-10H,1H3. The van der Waals surface area contributed by atoms with Gasteiger partial charge in [0, 0.05) is 25.5 Å². The maximum atomic E-state index is 11.5. The van der Waals surface area contributed by atoms with Crippen LogP contribution >= 0.6 is 0 Å². The van der Waals surface area contributed by atoms with Crippen LogP contribution in [0.3, 0.4) is 0 Å². The molecule has 3 nitrogen and oxygen atoms in total. The van der Waals surface area contributed by atoms with E-state index in [0.717, 1.165) is 0 Å². The molecule has 0 N–H and O–H groups in total. The Bertz CT molecular complexity index is 431. The van der Waals surface area contributed by atoms with Gasteiger partial charge in [0.25, 0.3) is 5.56 Å². The lowest BCUT2D eigenvalue weighted by atomic mass is 10.3. The highest BCUT2D eigenvalue weighted by atomic mass is 16.1. The highest BCUT2D eigenvalue weighted by molar-refractivity contribution is 5.12. The molecule has 1 aromatic rings. The van der Waals surface area contributed by atoms with Crippen LogP contribution in [0.15, 0.2) is 53.6 Å². The van der Waals surface area contributed by atoms with E-state index in [9.17, 15) is 4.79 Å². The number of nitrogens with zero attached hydrogens (tertiary/aromatic N) is 2. The fraction of sp³-hybridized carbons (Fsp3) is 0.182. The summed E-state index contributed by atoms with van der Waals surface area (Å²) in [5, 5.41) is 0. The van der Waals surface area contributed by atoms with Crippen LogP contribution < -0.4 is 5.56 Å². The molecule has 0 amide bonds. The Balaban J connectivity index is 2.41. The van der Waals surface area contributed by atoms with Gasteiger partial charge in [-0.15, -0.1) is 0 Å². The third-order valence-electron chi connectivity index (χ3n) is 2.27. The molecule has 1 aliphatic heterocycles. The van der Waals surface area contributed by atoms with Crippen LogP contribution in [-0.2, 0) is 0 Å². The van der Waals surface area contributed by atoms with Crippen LogP contribution in [0.5, 0.6) is 0 Å². The first kappa shape index (κ1) is 8.81. The molecule has 2 rings (SSSR count). The molecule has 0 saturated carbocycles. The molecule has 0 spiro atoms. The van der Waals surface area contributed by atoms with Gasteiger partial charge in [-0.25, -0.2) is 0 Å². The number of rotatable bonds is 1. The van der Waals surface area contributed by atoms with Crippen LogP contribution in [0.4, 0.5) is 0 Å². The number of likely N-dealkylation sites (N-methyl/N-ethyl adjacent to an activating group) is 1. The van der Waals surface area contributed by atoms with Crippen molar-refractivity contribution in [3.8, 4) is 0 Å². The summed E-state index contributed by atoms with van der Waals surface area (Å²) in [6, 6.07) is 5.18. The Morgan fingerprint density at radius 3 is 2.86 bits per heavy atom. The van der Waals surface area contributed by atoms with Crippen molar-refractivity contribution in [1.29, 1.82) is 0 Å². The molecule has 2 heterocycles. The molecule has 1 aliphatic rings. The van der Waals surface area contributed by atoms with E-state index in [1.165, 1.54) is 0 Å². The molecule has 14 heavy (non-hydrogen) atoms. The van der Waals surface area contributed by atoms with E-state index in [1.54, 1.807) is 22.9 Å². The van der Waals surface area contributed by atoms with Gasteiger partial charge in [0.05, 0.1) is 0 Å². The second-order valence-corrected chi connectivity index (χ2v) is 3.25. The predicted molar refractivity (Wildman–Crippen MR) is 55.8 cm³/mol. The van der Waals surface area contributed by atoms with E-state index in [2.05, 4.69) is 0 Å². The van der Waals surface area contributed by atoms with Crippen LogP contribution in [0, 0.1) is 0 Å². The van der Waals surface area contributed by atoms with Crippen molar-refractivity contribution in [1.82, 2.24) is 9.47 Å². The number of hydrogen-bond donors (Lipinski definition) is 0. The molecular weight excluding hydrogens is 176 g/mol. The minimum absolute atomic E-state index is 0.00583. The molecular formula is C11H12N2O. The fourth-order valence-corrected chi connectivity index (χ4v) is 1.52. The lowest BCUT2D eigenvalue weighted by molar-refractivity contribution is 0.293. The molecule has 0 radical (unpaired) electrons. The molecule has 0 aromatic carbocycles. The molecule has 0 aliphatic carbocycles. The van der Waals surface area contributed by atoms with Crippen LogP contribution in [0.2, 0.25) is 0 Å². The van der Waals surface area contributed by atoms with Crippen molar-refractivity contribution in [2.75, 3.05) is 7.05 Å². The molecule has 1 atom stereocenters. The average molecular weight is 188 g/mol. The number of pyridine rings is 1. The molecule has 1 unspecified atom stereocenters. The smallest absolute Gasteiger partial charge is 0.252 e. The van der Waals surface area contributed by atoms with Crippen LogP contribution in [0.1, 0.15) is 6.17 Å². The highest BCUT2D eigenvalue weighted by Crippen LogP contribution is 2.14. The normalized spacial score (nSPS) is 20.1. The Hall–Kier alpha value is -1.77. The van der Waals surface area contributed by atoms with Crippen molar-refractivity contribution in [3.63, 3.8) is 0 Å². The first-order valence-electron chi connectivity index (χ1n) is 4.53. The summed E-state index contributed by atoms with van der Waals surface area (Å²) in [5.41, 5.74) is 0.0179. The number of aromatic nitrogens is 1. The minimum Gasteiger partial charge on any atom is -0.357 e. The molecule has 0 fully saturated rings. The summed E-state index contributed by atoms with van der Waals surface area (Å²) >= 11 is 0. The fourth-order valence-electron chi connectivity index (χ4n) is 1.52. The van der Waals surface area contributed by atoms with E-state index in [4.69, 9.17) is 0 Å². The second kappa shape index (κ2) is 3.54.